The Balaban J connectivity index is 1.60. The van der Waals surface area contributed by atoms with Gasteiger partial charge in [-0.15, -0.1) is 0 Å². The van der Waals surface area contributed by atoms with Crippen LogP contribution in [0.25, 0.3) is 0 Å². The molecule has 0 aromatic carbocycles. The SMILES string of the molecule is Cc1nc(C(F)(F)F)ccc1NC(=O)N1CCN(C2CCOCC2)C[C@@H]1C. The van der Waals surface area contributed by atoms with Crippen molar-refractivity contribution in [3.05, 3.63) is 23.5 Å². The van der Waals surface area contributed by atoms with Gasteiger partial charge >= 0.3 is 12.2 Å². The van der Waals surface area contributed by atoms with Crippen LogP contribution >= 0.6 is 0 Å². The van der Waals surface area contributed by atoms with Crippen LogP contribution in [0.15, 0.2) is 12.1 Å². The Labute approximate surface area is 156 Å². The number of alkyl halides is 3. The number of rotatable bonds is 2. The fourth-order valence-corrected chi connectivity index (χ4v) is 3.71. The quantitative estimate of drug-likeness (QED) is 0.849. The standard InChI is InChI=1S/C18H25F3N4O2/c1-12-11-24(14-5-9-27-10-6-14)7-8-25(12)17(26)23-15-3-4-16(18(19,20)21)22-13(15)2/h3-4,12,14H,5-11H2,1-2H3,(H,23,26)/t12-/m0/s1. The van der Waals surface area contributed by atoms with Crippen molar-refractivity contribution >= 4 is 11.7 Å². The molecule has 2 aliphatic rings. The molecule has 0 unspecified atom stereocenters. The molecule has 150 valence electrons. The van der Waals surface area contributed by atoms with E-state index >= 15 is 0 Å². The fourth-order valence-electron chi connectivity index (χ4n) is 3.71. The molecule has 3 rings (SSSR count). The summed E-state index contributed by atoms with van der Waals surface area (Å²) >= 11 is 0. The minimum Gasteiger partial charge on any atom is -0.381 e. The lowest BCUT2D eigenvalue weighted by molar-refractivity contribution is -0.141. The number of pyridine rings is 1. The first-order valence-electron chi connectivity index (χ1n) is 9.20. The van der Waals surface area contributed by atoms with E-state index in [0.717, 1.165) is 45.2 Å². The van der Waals surface area contributed by atoms with Gasteiger partial charge in [0.2, 0.25) is 0 Å². The predicted octanol–water partition coefficient (Wildman–Crippen LogP) is 3.13. The molecule has 2 aliphatic heterocycles. The maximum atomic E-state index is 12.7. The zero-order valence-corrected chi connectivity index (χ0v) is 15.6. The smallest absolute Gasteiger partial charge is 0.381 e. The number of urea groups is 1. The lowest BCUT2D eigenvalue weighted by Gasteiger charge is -2.44. The zero-order valence-electron chi connectivity index (χ0n) is 15.6. The molecule has 27 heavy (non-hydrogen) atoms. The van der Waals surface area contributed by atoms with Crippen LogP contribution in [0, 0.1) is 6.92 Å². The lowest BCUT2D eigenvalue weighted by atomic mass is 10.0. The number of ether oxygens (including phenoxy) is 1. The minimum absolute atomic E-state index is 0.0179. The van der Waals surface area contributed by atoms with E-state index < -0.39 is 11.9 Å². The molecule has 1 N–H and O–H groups in total. The molecule has 2 amide bonds. The number of carbonyl (C=O) groups excluding carboxylic acids is 1. The summed E-state index contributed by atoms with van der Waals surface area (Å²) in [5, 5.41) is 2.70. The van der Waals surface area contributed by atoms with Gasteiger partial charge in [-0.25, -0.2) is 9.78 Å². The number of hydrogen-bond acceptors (Lipinski definition) is 4. The average molecular weight is 386 g/mol. The Bertz CT molecular complexity index is 677. The Hall–Kier alpha value is -1.87. The summed E-state index contributed by atoms with van der Waals surface area (Å²) < 4.78 is 43.6. The molecule has 9 heteroatoms. The van der Waals surface area contributed by atoms with Gasteiger partial charge in [-0.3, -0.25) is 4.90 Å². The van der Waals surface area contributed by atoms with Crippen molar-refractivity contribution in [3.8, 4) is 0 Å². The van der Waals surface area contributed by atoms with Crippen molar-refractivity contribution in [2.75, 3.05) is 38.2 Å². The fraction of sp³-hybridized carbons (Fsp3) is 0.667. The third-order valence-corrected chi connectivity index (χ3v) is 5.24. The van der Waals surface area contributed by atoms with Crippen molar-refractivity contribution < 1.29 is 22.7 Å². The number of hydrogen-bond donors (Lipinski definition) is 1. The maximum absolute atomic E-state index is 12.7. The van der Waals surface area contributed by atoms with Gasteiger partial charge in [0.05, 0.1) is 11.4 Å². The highest BCUT2D eigenvalue weighted by Gasteiger charge is 2.34. The summed E-state index contributed by atoms with van der Waals surface area (Å²) in [4.78, 5) is 20.3. The van der Waals surface area contributed by atoms with Gasteiger partial charge in [0.15, 0.2) is 0 Å². The number of anilines is 1. The number of aryl methyl sites for hydroxylation is 1. The van der Waals surface area contributed by atoms with Gasteiger partial charge in [0.1, 0.15) is 5.69 Å². The average Bonchev–Trinajstić information content (AvgIpc) is 2.63. The summed E-state index contributed by atoms with van der Waals surface area (Å²) in [7, 11) is 0. The summed E-state index contributed by atoms with van der Waals surface area (Å²) in [6.07, 6.45) is -2.48. The van der Waals surface area contributed by atoms with Gasteiger partial charge in [-0.2, -0.15) is 13.2 Å². The molecule has 6 nitrogen and oxygen atoms in total. The van der Waals surface area contributed by atoms with Gasteiger partial charge in [0.25, 0.3) is 0 Å². The summed E-state index contributed by atoms with van der Waals surface area (Å²) in [5.41, 5.74) is -0.518. The van der Waals surface area contributed by atoms with Crippen LogP contribution in [-0.4, -0.2) is 65.7 Å². The first-order valence-corrected chi connectivity index (χ1v) is 9.20. The highest BCUT2D eigenvalue weighted by Crippen LogP contribution is 2.29. The monoisotopic (exact) mass is 386 g/mol. The van der Waals surface area contributed by atoms with Crippen LogP contribution in [0.1, 0.15) is 31.2 Å². The number of aromatic nitrogens is 1. The molecular formula is C18H25F3N4O2. The van der Waals surface area contributed by atoms with E-state index in [4.69, 9.17) is 4.74 Å². The first-order chi connectivity index (χ1) is 12.8. The van der Waals surface area contributed by atoms with E-state index in [1.165, 1.54) is 13.0 Å². The molecule has 2 saturated heterocycles. The molecule has 2 fully saturated rings. The Morgan fingerprint density at radius 1 is 1.26 bits per heavy atom. The van der Waals surface area contributed by atoms with Crippen LogP contribution in [0.2, 0.25) is 0 Å². The normalized spacial score (nSPS) is 22.7. The predicted molar refractivity (Wildman–Crippen MR) is 94.6 cm³/mol. The number of nitrogens with zero attached hydrogens (tertiary/aromatic N) is 3. The molecule has 1 aromatic rings. The second-order valence-electron chi connectivity index (χ2n) is 7.14. The van der Waals surface area contributed by atoms with Gasteiger partial charge in [-0.05, 0) is 38.8 Å². The number of piperazine rings is 1. The topological polar surface area (TPSA) is 57.7 Å². The van der Waals surface area contributed by atoms with Crippen LogP contribution in [0.5, 0.6) is 0 Å². The van der Waals surface area contributed by atoms with Crippen LogP contribution in [0.4, 0.5) is 23.7 Å². The minimum atomic E-state index is -4.50. The molecule has 1 atom stereocenters. The van der Waals surface area contributed by atoms with Crippen LogP contribution in [0.3, 0.4) is 0 Å². The number of halogens is 3. The lowest BCUT2D eigenvalue weighted by Crippen LogP contribution is -2.58. The second kappa shape index (κ2) is 8.02. The second-order valence-corrected chi connectivity index (χ2v) is 7.14. The first kappa shape index (κ1) is 19.9. The van der Waals surface area contributed by atoms with Crippen molar-refractivity contribution in [1.29, 1.82) is 0 Å². The molecule has 0 saturated carbocycles. The molecule has 3 heterocycles. The highest BCUT2D eigenvalue weighted by atomic mass is 19.4. The van der Waals surface area contributed by atoms with E-state index in [0.29, 0.717) is 18.3 Å². The summed E-state index contributed by atoms with van der Waals surface area (Å²) in [6, 6.07) is 2.34. The van der Waals surface area contributed by atoms with E-state index in [1.54, 1.807) is 4.90 Å². The number of nitrogens with one attached hydrogen (secondary N) is 1. The Morgan fingerprint density at radius 3 is 2.56 bits per heavy atom. The molecular weight excluding hydrogens is 361 g/mol. The van der Waals surface area contributed by atoms with E-state index in [-0.39, 0.29) is 17.8 Å². The van der Waals surface area contributed by atoms with E-state index in [2.05, 4.69) is 15.2 Å². The van der Waals surface area contributed by atoms with E-state index in [1.807, 2.05) is 6.92 Å². The van der Waals surface area contributed by atoms with Gasteiger partial charge < -0.3 is 15.0 Å². The molecule has 0 spiro atoms. The van der Waals surface area contributed by atoms with E-state index in [9.17, 15) is 18.0 Å². The van der Waals surface area contributed by atoms with Crippen molar-refractivity contribution in [1.82, 2.24) is 14.8 Å². The van der Waals surface area contributed by atoms with Crippen molar-refractivity contribution in [3.63, 3.8) is 0 Å². The Morgan fingerprint density at radius 2 is 1.96 bits per heavy atom. The molecule has 1 aromatic heterocycles. The summed E-state index contributed by atoms with van der Waals surface area (Å²) in [5.74, 6) is 0. The van der Waals surface area contributed by atoms with Crippen molar-refractivity contribution in [2.24, 2.45) is 0 Å². The third kappa shape index (κ3) is 4.70. The van der Waals surface area contributed by atoms with Gasteiger partial charge in [0, 0.05) is 44.9 Å². The zero-order chi connectivity index (χ0) is 19.6. The molecule has 0 aliphatic carbocycles. The molecule has 0 bridgehead atoms. The largest absolute Gasteiger partial charge is 0.433 e. The van der Waals surface area contributed by atoms with Crippen LogP contribution in [-0.2, 0) is 10.9 Å². The number of amides is 2. The van der Waals surface area contributed by atoms with Crippen LogP contribution < -0.4 is 5.32 Å². The number of carbonyl (C=O) groups is 1. The maximum Gasteiger partial charge on any atom is 0.433 e. The third-order valence-electron chi connectivity index (χ3n) is 5.24. The highest BCUT2D eigenvalue weighted by molar-refractivity contribution is 5.90. The van der Waals surface area contributed by atoms with Crippen molar-refractivity contribution in [2.45, 2.75) is 44.9 Å². The summed E-state index contributed by atoms with van der Waals surface area (Å²) in [6.45, 7) is 7.15. The molecule has 0 radical (unpaired) electrons. The Kier molecular flexibility index (Phi) is 5.90. The van der Waals surface area contributed by atoms with Gasteiger partial charge in [-0.1, -0.05) is 0 Å².